The lowest BCUT2D eigenvalue weighted by molar-refractivity contribution is -0.187. The van der Waals surface area contributed by atoms with Crippen LogP contribution in [0.4, 0.5) is 5.69 Å². The summed E-state index contributed by atoms with van der Waals surface area (Å²) in [6, 6.07) is 7.46. The zero-order chi connectivity index (χ0) is 28.2. The van der Waals surface area contributed by atoms with E-state index in [1.54, 1.807) is 37.3 Å². The van der Waals surface area contributed by atoms with Gasteiger partial charge in [0, 0.05) is 30.0 Å². The van der Waals surface area contributed by atoms with Crippen molar-refractivity contribution in [2.24, 2.45) is 0 Å². The van der Waals surface area contributed by atoms with Gasteiger partial charge >= 0.3 is 17.9 Å². The summed E-state index contributed by atoms with van der Waals surface area (Å²) in [4.78, 5) is 51.6. The number of amides is 1. The summed E-state index contributed by atoms with van der Waals surface area (Å²) in [5.74, 6) is -2.23. The standard InChI is InChI=1S/C29H29NO8/c1-8-24(31)36-16-29(38-26(33)10-3)27(20-12-11-17(4)22(14-20)37-25(32)9-2)30(28(29)34)21-13-18(5)19(6)23(15-21)35-7/h8-15,27H,1-3,16H2,4-7H3/t27-,29-/m0/s1. The third kappa shape index (κ3) is 5.08. The van der Waals surface area contributed by atoms with Gasteiger partial charge in [-0.05, 0) is 55.2 Å². The fourth-order valence-corrected chi connectivity index (χ4v) is 4.20. The number of β-lactam (4-membered cyclic amide) rings is 1. The molecule has 9 heteroatoms. The Bertz CT molecular complexity index is 1340. The highest BCUT2D eigenvalue weighted by Gasteiger charge is 2.66. The maximum atomic E-state index is 13.8. The first-order valence-corrected chi connectivity index (χ1v) is 11.6. The molecular weight excluding hydrogens is 490 g/mol. The fourth-order valence-electron chi connectivity index (χ4n) is 4.20. The van der Waals surface area contributed by atoms with Gasteiger partial charge in [0.1, 0.15) is 24.1 Å². The first kappa shape index (κ1) is 27.9. The molecule has 1 saturated heterocycles. The molecule has 1 aliphatic heterocycles. The number of nitrogens with zero attached hydrogens (tertiary/aromatic N) is 1. The van der Waals surface area contributed by atoms with Crippen molar-refractivity contribution >= 4 is 29.5 Å². The second kappa shape index (κ2) is 11.2. The molecule has 0 saturated carbocycles. The predicted octanol–water partition coefficient (Wildman–Crippen LogP) is 4.00. The van der Waals surface area contributed by atoms with Crippen molar-refractivity contribution in [1.82, 2.24) is 0 Å². The minimum absolute atomic E-state index is 0.219. The van der Waals surface area contributed by atoms with Crippen molar-refractivity contribution in [2.45, 2.75) is 32.4 Å². The van der Waals surface area contributed by atoms with Gasteiger partial charge in [0.25, 0.3) is 5.91 Å². The number of aryl methyl sites for hydroxylation is 2. The van der Waals surface area contributed by atoms with Crippen LogP contribution in [0.25, 0.3) is 0 Å². The lowest BCUT2D eigenvalue weighted by Gasteiger charge is -2.54. The van der Waals surface area contributed by atoms with Crippen LogP contribution in [0.15, 0.2) is 68.3 Å². The van der Waals surface area contributed by atoms with Gasteiger partial charge in [-0.1, -0.05) is 31.9 Å². The van der Waals surface area contributed by atoms with Gasteiger partial charge in [-0.15, -0.1) is 0 Å². The highest BCUT2D eigenvalue weighted by molar-refractivity contribution is 6.10. The lowest BCUT2D eigenvalue weighted by Crippen LogP contribution is -2.72. The number of carbonyl (C=O) groups is 4. The highest BCUT2D eigenvalue weighted by Crippen LogP contribution is 2.50. The largest absolute Gasteiger partial charge is 0.496 e. The van der Waals surface area contributed by atoms with Crippen LogP contribution < -0.4 is 14.4 Å². The van der Waals surface area contributed by atoms with E-state index in [1.807, 2.05) is 13.8 Å². The number of ether oxygens (including phenoxy) is 4. The van der Waals surface area contributed by atoms with Gasteiger partial charge < -0.3 is 18.9 Å². The Kier molecular flexibility index (Phi) is 8.20. The summed E-state index contributed by atoms with van der Waals surface area (Å²) in [6.07, 6.45) is 2.87. The monoisotopic (exact) mass is 519 g/mol. The number of benzene rings is 2. The van der Waals surface area contributed by atoms with Crippen LogP contribution in [-0.2, 0) is 28.7 Å². The molecule has 0 unspecified atom stereocenters. The van der Waals surface area contributed by atoms with E-state index < -0.39 is 42.1 Å². The Morgan fingerprint density at radius 2 is 1.58 bits per heavy atom. The van der Waals surface area contributed by atoms with Crippen molar-refractivity contribution in [3.63, 3.8) is 0 Å². The van der Waals surface area contributed by atoms with E-state index in [0.717, 1.165) is 29.4 Å². The maximum Gasteiger partial charge on any atom is 0.335 e. The smallest absolute Gasteiger partial charge is 0.335 e. The van der Waals surface area contributed by atoms with E-state index in [9.17, 15) is 19.2 Å². The molecule has 1 aliphatic rings. The van der Waals surface area contributed by atoms with E-state index in [-0.39, 0.29) is 5.75 Å². The van der Waals surface area contributed by atoms with E-state index in [4.69, 9.17) is 18.9 Å². The fraction of sp³-hybridized carbons (Fsp3) is 0.241. The van der Waals surface area contributed by atoms with Crippen molar-refractivity contribution in [3.8, 4) is 11.5 Å². The van der Waals surface area contributed by atoms with Crippen LogP contribution in [0.3, 0.4) is 0 Å². The number of hydrogen-bond donors (Lipinski definition) is 0. The molecule has 1 fully saturated rings. The average Bonchev–Trinajstić information content (AvgIpc) is 2.91. The Balaban J connectivity index is 2.24. The molecule has 2 aromatic rings. The Morgan fingerprint density at radius 1 is 0.921 bits per heavy atom. The summed E-state index contributed by atoms with van der Waals surface area (Å²) in [5.41, 5.74) is 1.36. The van der Waals surface area contributed by atoms with Gasteiger partial charge in [0.2, 0.25) is 5.60 Å². The van der Waals surface area contributed by atoms with Crippen molar-refractivity contribution in [1.29, 1.82) is 0 Å². The summed E-state index contributed by atoms with van der Waals surface area (Å²) in [7, 11) is 1.52. The molecule has 0 spiro atoms. The van der Waals surface area contributed by atoms with Gasteiger partial charge in [-0.2, -0.15) is 0 Å². The molecule has 3 rings (SSSR count). The Labute approximate surface area is 220 Å². The number of rotatable bonds is 10. The summed E-state index contributed by atoms with van der Waals surface area (Å²) in [5, 5.41) is 0. The molecule has 2 atom stereocenters. The minimum Gasteiger partial charge on any atom is -0.496 e. The number of esters is 3. The van der Waals surface area contributed by atoms with E-state index >= 15 is 0 Å². The topological polar surface area (TPSA) is 108 Å². The minimum atomic E-state index is -1.94. The van der Waals surface area contributed by atoms with E-state index in [1.165, 1.54) is 12.0 Å². The van der Waals surface area contributed by atoms with Gasteiger partial charge in [0.05, 0.1) is 7.11 Å². The van der Waals surface area contributed by atoms with Gasteiger partial charge in [-0.25, -0.2) is 14.4 Å². The third-order valence-corrected chi connectivity index (χ3v) is 6.33. The quantitative estimate of drug-likeness (QED) is 0.201. The van der Waals surface area contributed by atoms with Gasteiger partial charge in [-0.3, -0.25) is 9.69 Å². The molecule has 38 heavy (non-hydrogen) atoms. The molecule has 1 amide bonds. The molecule has 1 heterocycles. The average molecular weight is 520 g/mol. The van der Waals surface area contributed by atoms with Crippen LogP contribution in [0.1, 0.15) is 28.3 Å². The molecule has 9 nitrogen and oxygen atoms in total. The molecular formula is C29H29NO8. The normalized spacial score (nSPS) is 18.1. The summed E-state index contributed by atoms with van der Waals surface area (Å²) < 4.78 is 21.7. The molecule has 0 aromatic heterocycles. The van der Waals surface area contributed by atoms with Crippen LogP contribution in [0.5, 0.6) is 11.5 Å². The number of anilines is 1. The number of carbonyl (C=O) groups excluding carboxylic acids is 4. The molecule has 0 aliphatic carbocycles. The second-order valence-electron chi connectivity index (χ2n) is 8.64. The predicted molar refractivity (Wildman–Crippen MR) is 140 cm³/mol. The number of hydrogen-bond acceptors (Lipinski definition) is 8. The Morgan fingerprint density at radius 3 is 2.18 bits per heavy atom. The van der Waals surface area contributed by atoms with Gasteiger partial charge in [0.15, 0.2) is 0 Å². The molecule has 198 valence electrons. The maximum absolute atomic E-state index is 13.8. The zero-order valence-corrected chi connectivity index (χ0v) is 21.7. The van der Waals surface area contributed by atoms with Crippen LogP contribution in [-0.4, -0.2) is 43.1 Å². The SMILES string of the molecule is C=CC(=O)OC[C@@]1(OC(=O)C=C)C(=O)N(c2cc(C)c(C)c(OC)c2)[C@H]1c1ccc(C)c(OC(=O)C=C)c1. The molecule has 2 aromatic carbocycles. The second-order valence-corrected chi connectivity index (χ2v) is 8.64. The van der Waals surface area contributed by atoms with E-state index in [0.29, 0.717) is 22.6 Å². The Hall–Kier alpha value is -4.66. The number of methoxy groups -OCH3 is 1. The van der Waals surface area contributed by atoms with Crippen molar-refractivity contribution < 1.29 is 38.1 Å². The van der Waals surface area contributed by atoms with Crippen molar-refractivity contribution in [2.75, 3.05) is 18.6 Å². The summed E-state index contributed by atoms with van der Waals surface area (Å²) in [6.45, 7) is 15.1. The van der Waals surface area contributed by atoms with E-state index in [2.05, 4.69) is 19.7 Å². The molecule has 0 bridgehead atoms. The van der Waals surface area contributed by atoms with Crippen molar-refractivity contribution in [3.05, 3.63) is 90.6 Å². The summed E-state index contributed by atoms with van der Waals surface area (Å²) >= 11 is 0. The lowest BCUT2D eigenvalue weighted by atomic mass is 9.77. The van der Waals surface area contributed by atoms with Crippen LogP contribution in [0, 0.1) is 20.8 Å². The zero-order valence-electron chi connectivity index (χ0n) is 21.7. The highest BCUT2D eigenvalue weighted by atomic mass is 16.6. The van der Waals surface area contributed by atoms with Crippen LogP contribution >= 0.6 is 0 Å². The first-order valence-electron chi connectivity index (χ1n) is 11.6. The van der Waals surface area contributed by atoms with Crippen LogP contribution in [0.2, 0.25) is 0 Å². The molecule has 0 radical (unpaired) electrons. The molecule has 0 N–H and O–H groups in total. The third-order valence-electron chi connectivity index (χ3n) is 6.33. The first-order chi connectivity index (χ1) is 18.0.